The molecule has 3 atom stereocenters. The number of ether oxygens (including phenoxy) is 1. The Hall–Kier alpha value is -1.91. The molecular weight excluding hydrogens is 261 g/mol. The van der Waals surface area contributed by atoms with Crippen LogP contribution in [-0.4, -0.2) is 36.0 Å². The van der Waals surface area contributed by atoms with Crippen molar-refractivity contribution in [3.05, 3.63) is 35.9 Å². The summed E-state index contributed by atoms with van der Waals surface area (Å²) >= 11 is 0. The number of hydrogen-bond donors (Lipinski definition) is 0. The number of ketones is 1. The largest absolute Gasteiger partial charge is 0.445 e. The zero-order valence-corrected chi connectivity index (χ0v) is 11.0. The van der Waals surface area contributed by atoms with Gasteiger partial charge in [-0.1, -0.05) is 30.3 Å². The van der Waals surface area contributed by atoms with Crippen LogP contribution < -0.4 is 0 Å². The lowest BCUT2D eigenvalue weighted by Crippen LogP contribution is -2.32. The quantitative estimate of drug-likeness (QED) is 0.832. The number of rotatable bonds is 2. The molecule has 0 radical (unpaired) electrons. The third-order valence-electron chi connectivity index (χ3n) is 4.09. The van der Waals surface area contributed by atoms with Crippen LogP contribution in [-0.2, 0) is 16.1 Å². The van der Waals surface area contributed by atoms with Gasteiger partial charge in [-0.2, -0.15) is 0 Å². The molecule has 1 aliphatic carbocycles. The molecule has 2 aliphatic rings. The van der Waals surface area contributed by atoms with E-state index in [4.69, 9.17) is 4.74 Å². The number of amides is 1. The van der Waals surface area contributed by atoms with Gasteiger partial charge in [-0.05, 0) is 17.9 Å². The average Bonchev–Trinajstić information content (AvgIpc) is 2.98. The fourth-order valence-corrected chi connectivity index (χ4v) is 3.01. The summed E-state index contributed by atoms with van der Waals surface area (Å²) in [5.41, 5.74) is 0.917. The maximum atomic E-state index is 13.3. The van der Waals surface area contributed by atoms with Gasteiger partial charge in [-0.15, -0.1) is 0 Å². The minimum atomic E-state index is -1.34. The molecule has 1 heterocycles. The van der Waals surface area contributed by atoms with Crippen LogP contribution in [0.2, 0.25) is 0 Å². The van der Waals surface area contributed by atoms with Crippen molar-refractivity contribution in [2.24, 2.45) is 11.8 Å². The molecule has 106 valence electrons. The molecule has 0 spiro atoms. The number of Topliss-reactive ketones (excluding diaryl/α,β-unsaturated/α-hetero) is 1. The first-order valence-corrected chi connectivity index (χ1v) is 6.78. The maximum absolute atomic E-state index is 13.3. The van der Waals surface area contributed by atoms with Gasteiger partial charge in [0.2, 0.25) is 0 Å². The SMILES string of the molecule is O=C1[C@H](F)C[C@H]2CN(C(=O)OCc3ccccc3)C[C@@H]12. The summed E-state index contributed by atoms with van der Waals surface area (Å²) in [4.78, 5) is 25.0. The molecule has 5 heteroatoms. The molecule has 0 bridgehead atoms. The highest BCUT2D eigenvalue weighted by molar-refractivity contribution is 5.89. The van der Waals surface area contributed by atoms with Crippen molar-refractivity contribution >= 4 is 11.9 Å². The number of fused-ring (bicyclic) bond motifs is 1. The van der Waals surface area contributed by atoms with Crippen LogP contribution in [0, 0.1) is 11.8 Å². The molecule has 1 saturated heterocycles. The van der Waals surface area contributed by atoms with Gasteiger partial charge >= 0.3 is 6.09 Å². The number of benzene rings is 1. The van der Waals surface area contributed by atoms with Crippen LogP contribution in [0.5, 0.6) is 0 Å². The smallest absolute Gasteiger partial charge is 0.410 e. The average molecular weight is 277 g/mol. The lowest BCUT2D eigenvalue weighted by molar-refractivity contribution is -0.124. The summed E-state index contributed by atoms with van der Waals surface area (Å²) in [5, 5.41) is 0. The first kappa shape index (κ1) is 13.1. The number of carbonyl (C=O) groups excluding carboxylic acids is 2. The topological polar surface area (TPSA) is 46.6 Å². The zero-order chi connectivity index (χ0) is 14.1. The predicted molar refractivity (Wildman–Crippen MR) is 69.7 cm³/mol. The first-order valence-electron chi connectivity index (χ1n) is 6.78. The minimum Gasteiger partial charge on any atom is -0.445 e. The molecule has 0 unspecified atom stereocenters. The summed E-state index contributed by atoms with van der Waals surface area (Å²) in [5.74, 6) is -0.732. The summed E-state index contributed by atoms with van der Waals surface area (Å²) in [6, 6.07) is 9.41. The van der Waals surface area contributed by atoms with Gasteiger partial charge in [-0.3, -0.25) is 4.79 Å². The standard InChI is InChI=1S/C15H16FNO3/c16-13-6-11-7-17(8-12(11)14(13)18)15(19)20-9-10-4-2-1-3-5-10/h1-5,11-13H,6-9H2/t11-,12+,13+/m0/s1. The van der Waals surface area contributed by atoms with E-state index in [9.17, 15) is 14.0 Å². The second-order valence-electron chi connectivity index (χ2n) is 5.42. The van der Waals surface area contributed by atoms with E-state index in [0.29, 0.717) is 6.54 Å². The van der Waals surface area contributed by atoms with Gasteiger partial charge in [0.15, 0.2) is 12.0 Å². The van der Waals surface area contributed by atoms with Crippen LogP contribution in [0.4, 0.5) is 9.18 Å². The number of hydrogen-bond acceptors (Lipinski definition) is 3. The molecule has 1 aromatic rings. The van der Waals surface area contributed by atoms with E-state index in [1.807, 2.05) is 30.3 Å². The van der Waals surface area contributed by atoms with Crippen molar-refractivity contribution in [2.45, 2.75) is 19.2 Å². The first-order chi connectivity index (χ1) is 9.65. The molecule has 0 N–H and O–H groups in total. The van der Waals surface area contributed by atoms with Crippen LogP contribution in [0.3, 0.4) is 0 Å². The lowest BCUT2D eigenvalue weighted by Gasteiger charge is -2.17. The molecule has 1 aromatic carbocycles. The van der Waals surface area contributed by atoms with Crippen molar-refractivity contribution in [1.29, 1.82) is 0 Å². The Morgan fingerprint density at radius 1 is 1.30 bits per heavy atom. The summed E-state index contributed by atoms with van der Waals surface area (Å²) < 4.78 is 18.5. The Morgan fingerprint density at radius 2 is 2.05 bits per heavy atom. The Labute approximate surface area is 116 Å². The van der Waals surface area contributed by atoms with Crippen LogP contribution >= 0.6 is 0 Å². The molecule has 2 fully saturated rings. The second kappa shape index (κ2) is 5.23. The molecule has 3 rings (SSSR count). The number of halogens is 1. The Balaban J connectivity index is 1.54. The maximum Gasteiger partial charge on any atom is 0.410 e. The van der Waals surface area contributed by atoms with E-state index in [2.05, 4.69) is 0 Å². The lowest BCUT2D eigenvalue weighted by atomic mass is 10.0. The van der Waals surface area contributed by atoms with E-state index < -0.39 is 12.3 Å². The van der Waals surface area contributed by atoms with E-state index >= 15 is 0 Å². The van der Waals surface area contributed by atoms with Crippen molar-refractivity contribution in [3.8, 4) is 0 Å². The summed E-state index contributed by atoms with van der Waals surface area (Å²) in [6.07, 6.45) is -1.52. The minimum absolute atomic E-state index is 0.0400. The molecule has 20 heavy (non-hydrogen) atoms. The van der Waals surface area contributed by atoms with Gasteiger partial charge in [0.1, 0.15) is 6.61 Å². The van der Waals surface area contributed by atoms with Gasteiger partial charge in [0.25, 0.3) is 0 Å². The molecule has 1 aliphatic heterocycles. The van der Waals surface area contributed by atoms with Crippen molar-refractivity contribution in [2.75, 3.05) is 13.1 Å². The number of likely N-dealkylation sites (tertiary alicyclic amines) is 1. The molecular formula is C15H16FNO3. The summed E-state index contributed by atoms with van der Waals surface area (Å²) in [6.45, 7) is 0.924. The van der Waals surface area contributed by atoms with E-state index in [1.165, 1.54) is 4.90 Å². The highest BCUT2D eigenvalue weighted by Crippen LogP contribution is 2.37. The Bertz CT molecular complexity index is 519. The van der Waals surface area contributed by atoms with E-state index in [0.717, 1.165) is 5.56 Å². The molecule has 0 aromatic heterocycles. The number of alkyl halides is 1. The van der Waals surface area contributed by atoms with E-state index in [1.54, 1.807) is 0 Å². The normalized spacial score (nSPS) is 28.6. The fourth-order valence-electron chi connectivity index (χ4n) is 3.01. The Morgan fingerprint density at radius 3 is 2.75 bits per heavy atom. The Kier molecular flexibility index (Phi) is 3.42. The van der Waals surface area contributed by atoms with Crippen LogP contribution in [0.1, 0.15) is 12.0 Å². The van der Waals surface area contributed by atoms with Crippen molar-refractivity contribution < 1.29 is 18.7 Å². The van der Waals surface area contributed by atoms with E-state index in [-0.39, 0.29) is 37.2 Å². The van der Waals surface area contributed by atoms with Crippen molar-refractivity contribution in [1.82, 2.24) is 4.90 Å². The third-order valence-corrected chi connectivity index (χ3v) is 4.09. The van der Waals surface area contributed by atoms with Crippen molar-refractivity contribution in [3.63, 3.8) is 0 Å². The summed E-state index contributed by atoms with van der Waals surface area (Å²) in [7, 11) is 0. The monoisotopic (exact) mass is 277 g/mol. The molecule has 4 nitrogen and oxygen atoms in total. The van der Waals surface area contributed by atoms with Gasteiger partial charge in [-0.25, -0.2) is 9.18 Å². The van der Waals surface area contributed by atoms with Crippen LogP contribution in [0.25, 0.3) is 0 Å². The molecule has 1 saturated carbocycles. The van der Waals surface area contributed by atoms with Crippen LogP contribution in [0.15, 0.2) is 30.3 Å². The van der Waals surface area contributed by atoms with Gasteiger partial charge in [0.05, 0.1) is 0 Å². The van der Waals surface area contributed by atoms with Gasteiger partial charge < -0.3 is 9.64 Å². The highest BCUT2D eigenvalue weighted by Gasteiger charge is 2.49. The number of nitrogens with zero attached hydrogens (tertiary/aromatic N) is 1. The predicted octanol–water partition coefficient (Wildman–Crippen LogP) is 2.18. The van der Waals surface area contributed by atoms with Gasteiger partial charge in [0, 0.05) is 19.0 Å². The number of carbonyl (C=O) groups is 2. The molecule has 1 amide bonds. The highest BCUT2D eigenvalue weighted by atomic mass is 19.1. The fraction of sp³-hybridized carbons (Fsp3) is 0.467. The third kappa shape index (κ3) is 2.40. The second-order valence-corrected chi connectivity index (χ2v) is 5.42. The zero-order valence-electron chi connectivity index (χ0n) is 11.0.